The molecule has 5 nitrogen and oxygen atoms in total. The highest BCUT2D eigenvalue weighted by Crippen LogP contribution is 2.31. The first-order valence-electron chi connectivity index (χ1n) is 6.13. The topological polar surface area (TPSA) is 64.6 Å². The van der Waals surface area contributed by atoms with Crippen molar-refractivity contribution in [3.05, 3.63) is 23.3 Å². The van der Waals surface area contributed by atoms with Gasteiger partial charge in [-0.05, 0) is 19.4 Å². The van der Waals surface area contributed by atoms with Crippen LogP contribution in [-0.4, -0.2) is 28.4 Å². The Bertz CT molecular complexity index is 526. The molecule has 0 saturated heterocycles. The van der Waals surface area contributed by atoms with Crippen LogP contribution in [0.4, 0.5) is 0 Å². The van der Waals surface area contributed by atoms with Crippen LogP contribution in [0.5, 0.6) is 11.5 Å². The van der Waals surface area contributed by atoms with Gasteiger partial charge in [0.25, 0.3) is 0 Å². The summed E-state index contributed by atoms with van der Waals surface area (Å²) in [7, 11) is -0.0701. The fourth-order valence-corrected chi connectivity index (χ4v) is 2.96. The maximum Gasteiger partial charge on any atom is 0.211 e. The molecule has 0 spiro atoms. The van der Waals surface area contributed by atoms with Crippen molar-refractivity contribution in [3.8, 4) is 11.5 Å². The van der Waals surface area contributed by atoms with Gasteiger partial charge in [0, 0.05) is 17.7 Å². The van der Waals surface area contributed by atoms with Gasteiger partial charge < -0.3 is 9.47 Å². The lowest BCUT2D eigenvalue weighted by Gasteiger charge is -2.15. The van der Waals surface area contributed by atoms with Crippen LogP contribution < -0.4 is 14.2 Å². The molecule has 0 atom stereocenters. The summed E-state index contributed by atoms with van der Waals surface area (Å²) < 4.78 is 36.4. The third-order valence-corrected chi connectivity index (χ3v) is 4.35. The molecule has 0 fully saturated rings. The molecule has 0 amide bonds. The molecule has 0 bridgehead atoms. The van der Waals surface area contributed by atoms with Crippen LogP contribution in [0, 0.1) is 6.92 Å². The van der Waals surface area contributed by atoms with E-state index < -0.39 is 10.0 Å². The van der Waals surface area contributed by atoms with E-state index in [0.29, 0.717) is 12.2 Å². The molecule has 1 N–H and O–H groups in total. The summed E-state index contributed by atoms with van der Waals surface area (Å²) in [6.07, 6.45) is 0.591. The van der Waals surface area contributed by atoms with Crippen LogP contribution in [-0.2, 0) is 16.6 Å². The number of nitrogens with one attached hydrogen (secondary N) is 1. The summed E-state index contributed by atoms with van der Waals surface area (Å²) in [5.74, 6) is 1.50. The molecule has 0 radical (unpaired) electrons. The second-order valence-corrected chi connectivity index (χ2v) is 6.15. The molecule has 1 rings (SSSR count). The van der Waals surface area contributed by atoms with Gasteiger partial charge in [-0.25, -0.2) is 13.1 Å². The number of methoxy groups -OCH3 is 2. The summed E-state index contributed by atoms with van der Waals surface area (Å²) in [5.41, 5.74) is 1.65. The summed E-state index contributed by atoms with van der Waals surface area (Å²) in [6.45, 7) is 3.93. The Balaban J connectivity index is 2.93. The van der Waals surface area contributed by atoms with Crippen molar-refractivity contribution in [2.45, 2.75) is 26.8 Å². The van der Waals surface area contributed by atoms with Gasteiger partial charge in [-0.15, -0.1) is 0 Å². The summed E-state index contributed by atoms with van der Waals surface area (Å²) in [5, 5.41) is 0. The molecule has 6 heteroatoms. The van der Waals surface area contributed by atoms with Gasteiger partial charge in [0.1, 0.15) is 11.5 Å². The largest absolute Gasteiger partial charge is 0.496 e. The monoisotopic (exact) mass is 287 g/mol. The zero-order valence-corrected chi connectivity index (χ0v) is 12.6. The Labute approximate surface area is 115 Å². The lowest BCUT2D eigenvalue weighted by molar-refractivity contribution is 0.385. The van der Waals surface area contributed by atoms with Gasteiger partial charge in [0.2, 0.25) is 10.0 Å². The SMILES string of the molecule is CCCS(=O)(=O)NCc1ccc(OC)c(C)c1OC. The molecule has 1 aromatic carbocycles. The van der Waals surface area contributed by atoms with Crippen molar-refractivity contribution < 1.29 is 17.9 Å². The van der Waals surface area contributed by atoms with Crippen molar-refractivity contribution in [3.63, 3.8) is 0 Å². The normalized spacial score (nSPS) is 11.4. The molecule has 108 valence electrons. The highest BCUT2D eigenvalue weighted by Gasteiger charge is 2.14. The highest BCUT2D eigenvalue weighted by atomic mass is 32.2. The maximum atomic E-state index is 11.6. The zero-order chi connectivity index (χ0) is 14.5. The third-order valence-electron chi connectivity index (χ3n) is 2.82. The molecule has 19 heavy (non-hydrogen) atoms. The molecular weight excluding hydrogens is 266 g/mol. The first-order valence-corrected chi connectivity index (χ1v) is 7.78. The summed E-state index contributed by atoms with van der Waals surface area (Å²) in [6, 6.07) is 3.61. The van der Waals surface area contributed by atoms with Gasteiger partial charge in [-0.3, -0.25) is 0 Å². The fourth-order valence-electron chi connectivity index (χ4n) is 1.90. The van der Waals surface area contributed by atoms with E-state index in [0.717, 1.165) is 16.9 Å². The fraction of sp³-hybridized carbons (Fsp3) is 0.538. The first kappa shape index (κ1) is 15.8. The Morgan fingerprint density at radius 2 is 1.89 bits per heavy atom. The van der Waals surface area contributed by atoms with Crippen LogP contribution in [0.15, 0.2) is 12.1 Å². The number of sulfonamides is 1. The van der Waals surface area contributed by atoms with E-state index in [4.69, 9.17) is 9.47 Å². The van der Waals surface area contributed by atoms with Crippen LogP contribution in [0.3, 0.4) is 0 Å². The van der Waals surface area contributed by atoms with E-state index in [9.17, 15) is 8.42 Å². The van der Waals surface area contributed by atoms with Crippen molar-refractivity contribution >= 4 is 10.0 Å². The molecule has 1 aromatic rings. The van der Waals surface area contributed by atoms with Crippen LogP contribution in [0.1, 0.15) is 24.5 Å². The number of rotatable bonds is 7. The van der Waals surface area contributed by atoms with E-state index in [1.165, 1.54) is 0 Å². The summed E-state index contributed by atoms with van der Waals surface area (Å²) in [4.78, 5) is 0. The van der Waals surface area contributed by atoms with Gasteiger partial charge in [-0.1, -0.05) is 13.0 Å². The van der Waals surface area contributed by atoms with E-state index in [1.807, 2.05) is 13.8 Å². The minimum absolute atomic E-state index is 0.129. The van der Waals surface area contributed by atoms with Crippen molar-refractivity contribution in [2.24, 2.45) is 0 Å². The second-order valence-electron chi connectivity index (χ2n) is 4.23. The number of hydrogen-bond acceptors (Lipinski definition) is 4. The smallest absolute Gasteiger partial charge is 0.211 e. The number of hydrogen-bond donors (Lipinski definition) is 1. The second kappa shape index (κ2) is 6.77. The van der Waals surface area contributed by atoms with Crippen molar-refractivity contribution in [1.82, 2.24) is 4.72 Å². The molecular formula is C13H21NO4S. The van der Waals surface area contributed by atoms with Crippen molar-refractivity contribution in [1.29, 1.82) is 0 Å². The van der Waals surface area contributed by atoms with Gasteiger partial charge in [0.05, 0.1) is 20.0 Å². The quantitative estimate of drug-likeness (QED) is 0.831. The Hall–Kier alpha value is -1.27. The number of benzene rings is 1. The van der Waals surface area contributed by atoms with Gasteiger partial charge in [-0.2, -0.15) is 0 Å². The predicted octanol–water partition coefficient (Wildman–Crippen LogP) is 1.84. The van der Waals surface area contributed by atoms with E-state index in [2.05, 4.69) is 4.72 Å². The van der Waals surface area contributed by atoms with Gasteiger partial charge in [0.15, 0.2) is 0 Å². The van der Waals surface area contributed by atoms with E-state index in [-0.39, 0.29) is 12.3 Å². The first-order chi connectivity index (χ1) is 8.95. The molecule has 0 aliphatic carbocycles. The highest BCUT2D eigenvalue weighted by molar-refractivity contribution is 7.89. The molecule has 0 aliphatic rings. The summed E-state index contributed by atoms with van der Waals surface area (Å²) >= 11 is 0. The Kier molecular flexibility index (Phi) is 5.62. The average molecular weight is 287 g/mol. The average Bonchev–Trinajstić information content (AvgIpc) is 2.36. The molecule has 0 unspecified atom stereocenters. The zero-order valence-electron chi connectivity index (χ0n) is 11.8. The Morgan fingerprint density at radius 3 is 2.42 bits per heavy atom. The van der Waals surface area contributed by atoms with Crippen LogP contribution >= 0.6 is 0 Å². The third kappa shape index (κ3) is 4.11. The predicted molar refractivity (Wildman–Crippen MR) is 75.2 cm³/mol. The van der Waals surface area contributed by atoms with Crippen LogP contribution in [0.25, 0.3) is 0 Å². The van der Waals surface area contributed by atoms with E-state index >= 15 is 0 Å². The lowest BCUT2D eigenvalue weighted by atomic mass is 10.1. The Morgan fingerprint density at radius 1 is 1.21 bits per heavy atom. The minimum atomic E-state index is -3.22. The van der Waals surface area contributed by atoms with Crippen LogP contribution in [0.2, 0.25) is 0 Å². The van der Waals surface area contributed by atoms with Crippen molar-refractivity contribution in [2.75, 3.05) is 20.0 Å². The van der Waals surface area contributed by atoms with Gasteiger partial charge >= 0.3 is 0 Å². The molecule has 0 heterocycles. The molecule has 0 aliphatic heterocycles. The molecule has 0 aromatic heterocycles. The lowest BCUT2D eigenvalue weighted by Crippen LogP contribution is -2.25. The number of ether oxygens (including phenoxy) is 2. The minimum Gasteiger partial charge on any atom is -0.496 e. The standard InChI is InChI=1S/C13H21NO4S/c1-5-8-19(15,16)14-9-11-6-7-12(17-3)10(2)13(11)18-4/h6-7,14H,5,8-9H2,1-4H3. The maximum absolute atomic E-state index is 11.6. The van der Waals surface area contributed by atoms with E-state index in [1.54, 1.807) is 26.4 Å². The molecule has 0 saturated carbocycles.